The Morgan fingerprint density at radius 2 is 1.89 bits per heavy atom. The van der Waals surface area contributed by atoms with Crippen molar-refractivity contribution in [2.45, 2.75) is 78.1 Å². The third-order valence-corrected chi connectivity index (χ3v) is 6.18. The van der Waals surface area contributed by atoms with Gasteiger partial charge in [0, 0.05) is 25.3 Å². The quantitative estimate of drug-likeness (QED) is 0.433. The van der Waals surface area contributed by atoms with Gasteiger partial charge in [0.1, 0.15) is 11.4 Å². The van der Waals surface area contributed by atoms with Gasteiger partial charge in [-0.15, -0.1) is 0 Å². The van der Waals surface area contributed by atoms with Gasteiger partial charge < -0.3 is 20.2 Å². The second kappa shape index (κ2) is 11.0. The van der Waals surface area contributed by atoms with E-state index in [1.165, 1.54) is 0 Å². The number of hydrogen-bond donors (Lipinski definition) is 2. The monoisotopic (exact) mass is 492 g/mol. The van der Waals surface area contributed by atoms with Crippen molar-refractivity contribution in [2.24, 2.45) is 5.16 Å². The lowest BCUT2D eigenvalue weighted by atomic mass is 9.93. The molecule has 2 heterocycles. The van der Waals surface area contributed by atoms with Gasteiger partial charge in [-0.05, 0) is 71.1 Å². The van der Waals surface area contributed by atoms with Crippen LogP contribution >= 0.6 is 0 Å². The number of hydrogen-bond acceptors (Lipinski definition) is 7. The molecule has 192 valence electrons. The van der Waals surface area contributed by atoms with Crippen molar-refractivity contribution in [1.29, 1.82) is 0 Å². The first-order chi connectivity index (χ1) is 17.3. The van der Waals surface area contributed by atoms with Crippen LogP contribution in [-0.4, -0.2) is 45.1 Å². The highest BCUT2D eigenvalue weighted by Crippen LogP contribution is 2.30. The number of benzene rings is 1. The van der Waals surface area contributed by atoms with Crippen molar-refractivity contribution in [1.82, 2.24) is 20.1 Å². The number of methoxy groups -OCH3 is 1. The van der Waals surface area contributed by atoms with Gasteiger partial charge in [-0.1, -0.05) is 17.3 Å². The molecule has 0 aliphatic heterocycles. The molecule has 1 amide bonds. The standard InChI is InChI=1S/C27H36N6O3/c1-6-33-25-22(17-30-33)24(31-19-9-11-20(12-10-19)32-36-27(2,3)4)23(16-28-25)26(34)29-15-18-7-13-21(35-5)14-8-18/h7-8,13-14,16-17,19H,6,9-12,15H2,1-5H3,(H,28,31)(H,29,34). The van der Waals surface area contributed by atoms with E-state index in [0.717, 1.165) is 59.4 Å². The molecule has 0 unspecified atom stereocenters. The summed E-state index contributed by atoms with van der Waals surface area (Å²) in [6.07, 6.45) is 6.97. The first-order valence-electron chi connectivity index (χ1n) is 12.5. The maximum Gasteiger partial charge on any atom is 0.255 e. The Hall–Kier alpha value is -3.62. The highest BCUT2D eigenvalue weighted by Gasteiger charge is 2.24. The van der Waals surface area contributed by atoms with Crippen molar-refractivity contribution < 1.29 is 14.4 Å². The molecule has 9 nitrogen and oxygen atoms in total. The number of carbonyl (C=O) groups is 1. The van der Waals surface area contributed by atoms with E-state index in [4.69, 9.17) is 9.57 Å². The number of anilines is 1. The number of fused-ring (bicyclic) bond motifs is 1. The van der Waals surface area contributed by atoms with E-state index in [-0.39, 0.29) is 17.6 Å². The van der Waals surface area contributed by atoms with E-state index < -0.39 is 0 Å². The second-order valence-electron chi connectivity index (χ2n) is 10.1. The van der Waals surface area contributed by atoms with Crippen LogP contribution in [0.15, 0.2) is 41.8 Å². The highest BCUT2D eigenvalue weighted by atomic mass is 16.6. The molecule has 1 aromatic carbocycles. The van der Waals surface area contributed by atoms with Gasteiger partial charge in [-0.2, -0.15) is 5.10 Å². The molecule has 1 aliphatic rings. The van der Waals surface area contributed by atoms with E-state index in [9.17, 15) is 4.79 Å². The third-order valence-electron chi connectivity index (χ3n) is 6.18. The fourth-order valence-corrected chi connectivity index (χ4v) is 4.20. The van der Waals surface area contributed by atoms with Crippen LogP contribution in [-0.2, 0) is 17.9 Å². The summed E-state index contributed by atoms with van der Waals surface area (Å²) in [6, 6.07) is 7.86. The molecule has 2 aromatic heterocycles. The lowest BCUT2D eigenvalue weighted by Gasteiger charge is -2.27. The Kier molecular flexibility index (Phi) is 7.76. The molecule has 1 fully saturated rings. The van der Waals surface area contributed by atoms with Crippen LogP contribution in [0.4, 0.5) is 5.69 Å². The van der Waals surface area contributed by atoms with Crippen LogP contribution in [0, 0.1) is 0 Å². The predicted molar refractivity (Wildman–Crippen MR) is 142 cm³/mol. The summed E-state index contributed by atoms with van der Waals surface area (Å²) in [4.78, 5) is 23.5. The molecule has 2 N–H and O–H groups in total. The number of amides is 1. The number of aromatic nitrogens is 3. The van der Waals surface area contributed by atoms with Crippen LogP contribution in [0.25, 0.3) is 11.0 Å². The van der Waals surface area contributed by atoms with Gasteiger partial charge in [0.05, 0.1) is 35.7 Å². The average Bonchev–Trinajstić information content (AvgIpc) is 3.30. The van der Waals surface area contributed by atoms with E-state index in [0.29, 0.717) is 18.7 Å². The molecule has 0 saturated heterocycles. The number of rotatable bonds is 8. The Labute approximate surface area is 212 Å². The van der Waals surface area contributed by atoms with Crippen LogP contribution in [0.3, 0.4) is 0 Å². The van der Waals surface area contributed by atoms with Crippen LogP contribution in [0.2, 0.25) is 0 Å². The SMILES string of the molecule is CCn1ncc2c(NC3CCC(=NOC(C)(C)C)CC3)c(C(=O)NCc3ccc(OC)cc3)cnc21. The van der Waals surface area contributed by atoms with E-state index in [1.807, 2.05) is 56.6 Å². The Morgan fingerprint density at radius 3 is 2.53 bits per heavy atom. The summed E-state index contributed by atoms with van der Waals surface area (Å²) in [5.41, 5.74) is 3.84. The average molecular weight is 493 g/mol. The van der Waals surface area contributed by atoms with Gasteiger partial charge in [0.2, 0.25) is 0 Å². The lowest BCUT2D eigenvalue weighted by molar-refractivity contribution is -0.0000418. The zero-order valence-electron chi connectivity index (χ0n) is 21.8. The molecular weight excluding hydrogens is 456 g/mol. The topological polar surface area (TPSA) is 103 Å². The molecule has 0 radical (unpaired) electrons. The second-order valence-corrected chi connectivity index (χ2v) is 10.1. The molecule has 1 aliphatic carbocycles. The zero-order valence-corrected chi connectivity index (χ0v) is 21.8. The number of aryl methyl sites for hydroxylation is 1. The summed E-state index contributed by atoms with van der Waals surface area (Å²) in [6.45, 7) is 9.13. The Balaban J connectivity index is 1.51. The summed E-state index contributed by atoms with van der Waals surface area (Å²) in [7, 11) is 1.63. The molecule has 9 heteroatoms. The van der Waals surface area contributed by atoms with Crippen molar-refractivity contribution in [3.63, 3.8) is 0 Å². The number of nitrogens with zero attached hydrogens (tertiary/aromatic N) is 4. The third kappa shape index (κ3) is 6.13. The molecular formula is C27H36N6O3. The fourth-order valence-electron chi connectivity index (χ4n) is 4.20. The minimum Gasteiger partial charge on any atom is -0.497 e. The van der Waals surface area contributed by atoms with Gasteiger partial charge in [0.25, 0.3) is 5.91 Å². The molecule has 3 aromatic rings. The lowest BCUT2D eigenvalue weighted by Crippen LogP contribution is -2.29. The molecule has 0 spiro atoms. The Morgan fingerprint density at radius 1 is 1.17 bits per heavy atom. The van der Waals surface area contributed by atoms with Crippen molar-refractivity contribution in [3.05, 3.63) is 47.8 Å². The van der Waals surface area contributed by atoms with E-state index >= 15 is 0 Å². The van der Waals surface area contributed by atoms with Crippen LogP contribution in [0.1, 0.15) is 69.3 Å². The van der Waals surface area contributed by atoms with E-state index in [2.05, 4.69) is 25.9 Å². The molecule has 1 saturated carbocycles. The molecule has 36 heavy (non-hydrogen) atoms. The highest BCUT2D eigenvalue weighted by molar-refractivity contribution is 6.06. The number of oxime groups is 1. The number of ether oxygens (including phenoxy) is 1. The molecule has 0 bridgehead atoms. The molecule has 0 atom stereocenters. The number of pyridine rings is 1. The van der Waals surface area contributed by atoms with E-state index in [1.54, 1.807) is 19.5 Å². The first kappa shape index (κ1) is 25.5. The summed E-state index contributed by atoms with van der Waals surface area (Å²) in [5, 5.41) is 16.4. The minimum atomic E-state index is -0.293. The van der Waals surface area contributed by atoms with Gasteiger partial charge in [-0.25, -0.2) is 9.67 Å². The maximum atomic E-state index is 13.3. The van der Waals surface area contributed by atoms with Crippen molar-refractivity contribution >= 4 is 28.3 Å². The number of carbonyl (C=O) groups excluding carboxylic acids is 1. The smallest absolute Gasteiger partial charge is 0.255 e. The summed E-state index contributed by atoms with van der Waals surface area (Å²) < 4.78 is 7.06. The first-order valence-corrected chi connectivity index (χ1v) is 12.5. The van der Waals surface area contributed by atoms with Gasteiger partial charge in [-0.3, -0.25) is 4.79 Å². The predicted octanol–water partition coefficient (Wildman–Crippen LogP) is 4.92. The molecule has 4 rings (SSSR count). The fraction of sp³-hybridized carbons (Fsp3) is 0.481. The van der Waals surface area contributed by atoms with Crippen molar-refractivity contribution in [2.75, 3.05) is 12.4 Å². The Bertz CT molecular complexity index is 1220. The van der Waals surface area contributed by atoms with Crippen LogP contribution < -0.4 is 15.4 Å². The van der Waals surface area contributed by atoms with Gasteiger partial charge in [0.15, 0.2) is 5.65 Å². The summed E-state index contributed by atoms with van der Waals surface area (Å²) >= 11 is 0. The summed E-state index contributed by atoms with van der Waals surface area (Å²) in [5.74, 6) is 0.605. The minimum absolute atomic E-state index is 0.177. The normalized spacial score (nSPS) is 16.0. The number of nitrogens with one attached hydrogen (secondary N) is 2. The van der Waals surface area contributed by atoms with Crippen molar-refractivity contribution in [3.8, 4) is 5.75 Å². The maximum absolute atomic E-state index is 13.3. The zero-order chi connectivity index (χ0) is 25.7. The van der Waals surface area contributed by atoms with Gasteiger partial charge >= 0.3 is 0 Å². The van der Waals surface area contributed by atoms with Crippen LogP contribution in [0.5, 0.6) is 5.75 Å². The largest absolute Gasteiger partial charge is 0.497 e.